The maximum atomic E-state index is 15.0. The molecule has 7 nitrogen and oxygen atoms in total. The first-order valence-corrected chi connectivity index (χ1v) is 8.54. The summed E-state index contributed by atoms with van der Waals surface area (Å²) in [5.74, 6) is -1.60. The van der Waals surface area contributed by atoms with Crippen LogP contribution in [0.2, 0.25) is 0 Å². The van der Waals surface area contributed by atoms with Crippen LogP contribution >= 0.6 is 0 Å². The van der Waals surface area contributed by atoms with Crippen LogP contribution in [0.5, 0.6) is 5.75 Å². The van der Waals surface area contributed by atoms with E-state index in [1.165, 1.54) is 13.3 Å². The summed E-state index contributed by atoms with van der Waals surface area (Å²) in [4.78, 5) is 28.0. The standard InChI is InChI=1S/C18H20FN3O4/c1-20-5-6-21(9-20)15-13(19)7-11-14(17(15)26-2)22(10-3-4-10)8-12(16(11)23)18(24)25/h7-8,10H,3-6,9H2,1-2H3,(H,24,25). The van der Waals surface area contributed by atoms with Gasteiger partial charge >= 0.3 is 5.97 Å². The van der Waals surface area contributed by atoms with Crippen LogP contribution in [0.25, 0.3) is 10.9 Å². The summed E-state index contributed by atoms with van der Waals surface area (Å²) in [6.07, 6.45) is 3.14. The number of anilines is 1. The summed E-state index contributed by atoms with van der Waals surface area (Å²) >= 11 is 0. The van der Waals surface area contributed by atoms with E-state index < -0.39 is 17.2 Å². The Bertz CT molecular complexity index is 967. The second kappa shape index (κ2) is 5.98. The van der Waals surface area contributed by atoms with Gasteiger partial charge in [0, 0.05) is 25.3 Å². The van der Waals surface area contributed by atoms with Crippen molar-refractivity contribution in [3.8, 4) is 5.75 Å². The monoisotopic (exact) mass is 361 g/mol. The summed E-state index contributed by atoms with van der Waals surface area (Å²) in [6.45, 7) is 2.00. The Hall–Kier alpha value is -2.61. The first kappa shape index (κ1) is 16.8. The van der Waals surface area contributed by atoms with E-state index in [4.69, 9.17) is 4.74 Å². The molecule has 1 saturated carbocycles. The molecule has 138 valence electrons. The van der Waals surface area contributed by atoms with Crippen LogP contribution in [-0.4, -0.2) is 54.5 Å². The van der Waals surface area contributed by atoms with Crippen molar-refractivity contribution in [2.75, 3.05) is 38.8 Å². The van der Waals surface area contributed by atoms with Crippen molar-refractivity contribution in [1.29, 1.82) is 0 Å². The highest BCUT2D eigenvalue weighted by molar-refractivity contribution is 5.97. The van der Waals surface area contributed by atoms with Crippen molar-refractivity contribution in [3.63, 3.8) is 0 Å². The van der Waals surface area contributed by atoms with E-state index in [1.54, 1.807) is 4.57 Å². The number of rotatable bonds is 4. The third kappa shape index (κ3) is 2.52. The van der Waals surface area contributed by atoms with Crippen molar-refractivity contribution in [1.82, 2.24) is 9.47 Å². The number of methoxy groups -OCH3 is 1. The van der Waals surface area contributed by atoms with Crippen LogP contribution in [0.1, 0.15) is 29.2 Å². The summed E-state index contributed by atoms with van der Waals surface area (Å²) in [7, 11) is 3.40. The Kier molecular flexibility index (Phi) is 3.87. The third-order valence-electron chi connectivity index (χ3n) is 5.05. The van der Waals surface area contributed by atoms with Gasteiger partial charge < -0.3 is 19.3 Å². The zero-order chi connectivity index (χ0) is 18.6. The Morgan fingerprint density at radius 2 is 2.08 bits per heavy atom. The fourth-order valence-corrected chi connectivity index (χ4v) is 3.63. The number of nitrogens with zero attached hydrogens (tertiary/aromatic N) is 3. The van der Waals surface area contributed by atoms with E-state index in [1.807, 2.05) is 11.9 Å². The number of likely N-dealkylation sites (N-methyl/N-ethyl adjacent to an activating group) is 1. The van der Waals surface area contributed by atoms with Crippen LogP contribution in [0, 0.1) is 5.82 Å². The van der Waals surface area contributed by atoms with Crippen molar-refractivity contribution in [3.05, 3.63) is 33.9 Å². The van der Waals surface area contributed by atoms with E-state index in [0.29, 0.717) is 24.4 Å². The van der Waals surface area contributed by atoms with Gasteiger partial charge in [-0.25, -0.2) is 9.18 Å². The molecule has 2 aromatic rings. The average Bonchev–Trinajstić information content (AvgIpc) is 3.35. The highest BCUT2D eigenvalue weighted by atomic mass is 19.1. The largest absolute Gasteiger partial charge is 0.492 e. The zero-order valence-corrected chi connectivity index (χ0v) is 14.7. The molecule has 8 heteroatoms. The number of pyridine rings is 1. The summed E-state index contributed by atoms with van der Waals surface area (Å²) in [5.41, 5.74) is -0.247. The number of halogens is 1. The molecule has 4 rings (SSSR count). The average molecular weight is 361 g/mol. The Balaban J connectivity index is 2.06. The van der Waals surface area contributed by atoms with Gasteiger partial charge in [0.2, 0.25) is 5.43 Å². The van der Waals surface area contributed by atoms with Crippen LogP contribution in [0.15, 0.2) is 17.1 Å². The van der Waals surface area contributed by atoms with Gasteiger partial charge in [0.25, 0.3) is 0 Å². The molecule has 1 aliphatic carbocycles. The molecule has 1 aromatic carbocycles. The molecule has 2 aliphatic rings. The number of benzene rings is 1. The van der Waals surface area contributed by atoms with Gasteiger partial charge in [-0.05, 0) is 26.0 Å². The van der Waals surface area contributed by atoms with Gasteiger partial charge in [0.1, 0.15) is 11.3 Å². The molecule has 0 unspecified atom stereocenters. The van der Waals surface area contributed by atoms with Gasteiger partial charge in [0.05, 0.1) is 24.7 Å². The lowest BCUT2D eigenvalue weighted by atomic mass is 10.1. The van der Waals surface area contributed by atoms with E-state index in [-0.39, 0.29) is 22.7 Å². The third-order valence-corrected chi connectivity index (χ3v) is 5.05. The number of carbonyl (C=O) groups is 1. The lowest BCUT2D eigenvalue weighted by molar-refractivity contribution is 0.0695. The molecule has 1 N–H and O–H groups in total. The summed E-state index contributed by atoms with van der Waals surface area (Å²) < 4.78 is 22.3. The number of aromatic nitrogens is 1. The second-order valence-corrected chi connectivity index (χ2v) is 6.94. The number of hydrogen-bond donors (Lipinski definition) is 1. The highest BCUT2D eigenvalue weighted by Crippen LogP contribution is 2.43. The molecule has 0 bridgehead atoms. The molecule has 2 fully saturated rings. The number of carboxylic acids is 1. The highest BCUT2D eigenvalue weighted by Gasteiger charge is 2.32. The van der Waals surface area contributed by atoms with Crippen molar-refractivity contribution in [2.45, 2.75) is 18.9 Å². The molecule has 0 atom stereocenters. The van der Waals surface area contributed by atoms with Gasteiger partial charge in [0.15, 0.2) is 11.6 Å². The van der Waals surface area contributed by atoms with Crippen LogP contribution in [-0.2, 0) is 0 Å². The van der Waals surface area contributed by atoms with E-state index in [0.717, 1.165) is 25.5 Å². The van der Waals surface area contributed by atoms with E-state index in [2.05, 4.69) is 4.90 Å². The normalized spacial score (nSPS) is 17.9. The predicted molar refractivity (Wildman–Crippen MR) is 94.8 cm³/mol. The number of aromatic carboxylic acids is 1. The molecule has 1 aliphatic heterocycles. The molecule has 0 radical (unpaired) electrons. The van der Waals surface area contributed by atoms with Crippen molar-refractivity contribution >= 4 is 22.6 Å². The SMILES string of the molecule is COc1c(N2CCN(C)C2)c(F)cc2c(=O)c(C(=O)O)cn(C3CC3)c12. The van der Waals surface area contributed by atoms with Crippen LogP contribution in [0.4, 0.5) is 10.1 Å². The van der Waals surface area contributed by atoms with Crippen molar-refractivity contribution in [2.24, 2.45) is 0 Å². The topological polar surface area (TPSA) is 75.0 Å². The van der Waals surface area contributed by atoms with Crippen molar-refractivity contribution < 1.29 is 19.0 Å². The zero-order valence-electron chi connectivity index (χ0n) is 14.7. The smallest absolute Gasteiger partial charge is 0.341 e. The second-order valence-electron chi connectivity index (χ2n) is 6.94. The number of hydrogen-bond acceptors (Lipinski definition) is 5. The first-order chi connectivity index (χ1) is 12.4. The molecule has 26 heavy (non-hydrogen) atoms. The Morgan fingerprint density at radius 3 is 2.62 bits per heavy atom. The predicted octanol–water partition coefficient (Wildman–Crippen LogP) is 1.89. The molecule has 0 amide bonds. The number of fused-ring (bicyclic) bond motifs is 1. The number of carboxylic acid groups (broad SMARTS) is 1. The maximum Gasteiger partial charge on any atom is 0.341 e. The first-order valence-electron chi connectivity index (χ1n) is 8.54. The lowest BCUT2D eigenvalue weighted by Crippen LogP contribution is -2.25. The van der Waals surface area contributed by atoms with Crippen LogP contribution in [0.3, 0.4) is 0 Å². The minimum absolute atomic E-state index is 0.0439. The molecule has 2 heterocycles. The number of ether oxygens (including phenoxy) is 1. The lowest BCUT2D eigenvalue weighted by Gasteiger charge is -2.24. The van der Waals surface area contributed by atoms with Gasteiger partial charge in [-0.3, -0.25) is 9.69 Å². The molecular weight excluding hydrogens is 341 g/mol. The molecule has 1 aromatic heterocycles. The Morgan fingerprint density at radius 1 is 1.35 bits per heavy atom. The van der Waals surface area contributed by atoms with E-state index in [9.17, 15) is 19.1 Å². The minimum Gasteiger partial charge on any atom is -0.492 e. The van der Waals surface area contributed by atoms with E-state index >= 15 is 0 Å². The summed E-state index contributed by atoms with van der Waals surface area (Å²) in [6, 6.07) is 1.25. The van der Waals surface area contributed by atoms with Gasteiger partial charge in [-0.15, -0.1) is 0 Å². The maximum absolute atomic E-state index is 15.0. The Labute approximate surface area is 149 Å². The van der Waals surface area contributed by atoms with Gasteiger partial charge in [-0.2, -0.15) is 0 Å². The molecular formula is C18H20FN3O4. The quantitative estimate of drug-likeness (QED) is 0.896. The minimum atomic E-state index is -1.31. The fraction of sp³-hybridized carbons (Fsp3) is 0.444. The summed E-state index contributed by atoms with van der Waals surface area (Å²) in [5, 5.41) is 9.40. The fourth-order valence-electron chi connectivity index (χ4n) is 3.63. The molecule has 0 spiro atoms. The van der Waals surface area contributed by atoms with Gasteiger partial charge in [-0.1, -0.05) is 0 Å². The van der Waals surface area contributed by atoms with Crippen LogP contribution < -0.4 is 15.1 Å². The molecule has 1 saturated heterocycles.